The molecule has 3 saturated heterocycles. The van der Waals surface area contributed by atoms with Crippen molar-refractivity contribution in [1.82, 2.24) is 15.1 Å². The van der Waals surface area contributed by atoms with Gasteiger partial charge in [0, 0.05) is 93.5 Å². The zero-order valence-electron chi connectivity index (χ0n) is 31.8. The van der Waals surface area contributed by atoms with Gasteiger partial charge in [-0.2, -0.15) is 0 Å². The number of rotatable bonds is 7. The van der Waals surface area contributed by atoms with Gasteiger partial charge in [-0.25, -0.2) is 4.39 Å². The Labute approximate surface area is 326 Å². The SMILES string of the molecule is Cc1cccc(C2COc3cc(O)ccc3C2c2ccc(N3CCC(CN4CCN(c5cc6c(cc5F)C(=O)N([C@H]5CCC(=O)NC5=O)C6)CC4)CC3)cc2)c1. The van der Waals surface area contributed by atoms with Crippen LogP contribution >= 0.6 is 0 Å². The Morgan fingerprint density at radius 2 is 1.62 bits per heavy atom. The van der Waals surface area contributed by atoms with Crippen LogP contribution in [0.5, 0.6) is 11.5 Å². The molecule has 2 unspecified atom stereocenters. The molecule has 5 aliphatic rings. The molecule has 9 rings (SSSR count). The van der Waals surface area contributed by atoms with Gasteiger partial charge in [0.25, 0.3) is 5.91 Å². The van der Waals surface area contributed by atoms with Gasteiger partial charge in [0.05, 0.1) is 12.3 Å². The van der Waals surface area contributed by atoms with Gasteiger partial charge >= 0.3 is 0 Å². The van der Waals surface area contributed by atoms with Crippen LogP contribution in [0, 0.1) is 18.7 Å². The molecule has 0 bridgehead atoms. The van der Waals surface area contributed by atoms with Gasteiger partial charge in [0.1, 0.15) is 23.4 Å². The molecule has 0 saturated carbocycles. The fraction of sp³-hybridized carbons (Fsp3) is 0.400. The van der Waals surface area contributed by atoms with Crippen LogP contribution in [0.15, 0.2) is 78.9 Å². The molecule has 0 aromatic heterocycles. The van der Waals surface area contributed by atoms with Crippen LogP contribution in [0.2, 0.25) is 0 Å². The highest BCUT2D eigenvalue weighted by Crippen LogP contribution is 2.47. The lowest BCUT2D eigenvalue weighted by Gasteiger charge is -2.40. The average molecular weight is 758 g/mol. The molecule has 5 heterocycles. The van der Waals surface area contributed by atoms with Gasteiger partial charge < -0.3 is 24.5 Å². The summed E-state index contributed by atoms with van der Waals surface area (Å²) in [7, 11) is 0. The maximum Gasteiger partial charge on any atom is 0.255 e. The van der Waals surface area contributed by atoms with Crippen molar-refractivity contribution in [3.63, 3.8) is 0 Å². The molecule has 0 aliphatic carbocycles. The molecule has 0 spiro atoms. The molecule has 0 radical (unpaired) electrons. The number of nitrogens with zero attached hydrogens (tertiary/aromatic N) is 4. The number of nitrogens with one attached hydrogen (secondary N) is 1. The molecule has 56 heavy (non-hydrogen) atoms. The van der Waals surface area contributed by atoms with Crippen LogP contribution < -0.4 is 19.9 Å². The Hall–Kier alpha value is -5.42. The Morgan fingerprint density at radius 3 is 2.38 bits per heavy atom. The lowest BCUT2D eigenvalue weighted by atomic mass is 9.75. The highest BCUT2D eigenvalue weighted by atomic mass is 19.1. The summed E-state index contributed by atoms with van der Waals surface area (Å²) in [6, 6.07) is 25.6. The van der Waals surface area contributed by atoms with Gasteiger partial charge in [-0.3, -0.25) is 24.6 Å². The quantitative estimate of drug-likeness (QED) is 0.223. The third-order valence-electron chi connectivity index (χ3n) is 12.7. The second kappa shape index (κ2) is 14.9. The number of ether oxygens (including phenoxy) is 1. The summed E-state index contributed by atoms with van der Waals surface area (Å²) < 4.78 is 21.7. The summed E-state index contributed by atoms with van der Waals surface area (Å²) in [6.45, 7) is 9.05. The molecule has 2 N–H and O–H groups in total. The van der Waals surface area contributed by atoms with E-state index < -0.39 is 17.8 Å². The van der Waals surface area contributed by atoms with Crippen LogP contribution in [-0.4, -0.2) is 91.1 Å². The number of hydrogen-bond donors (Lipinski definition) is 2. The van der Waals surface area contributed by atoms with Crippen molar-refractivity contribution in [3.05, 3.63) is 118 Å². The number of anilines is 2. The van der Waals surface area contributed by atoms with Gasteiger partial charge in [-0.15, -0.1) is 0 Å². The number of fused-ring (bicyclic) bond motifs is 2. The van der Waals surface area contributed by atoms with Crippen molar-refractivity contribution in [2.24, 2.45) is 5.92 Å². The molecular weight excluding hydrogens is 710 g/mol. The number of amides is 3. The van der Waals surface area contributed by atoms with Crippen molar-refractivity contribution < 1.29 is 28.6 Å². The molecule has 10 nitrogen and oxygen atoms in total. The summed E-state index contributed by atoms with van der Waals surface area (Å²) >= 11 is 0. The number of aryl methyl sites for hydroxylation is 1. The van der Waals surface area contributed by atoms with E-state index >= 15 is 4.39 Å². The minimum absolute atomic E-state index is 0.111. The van der Waals surface area contributed by atoms with E-state index in [1.54, 1.807) is 18.2 Å². The Morgan fingerprint density at radius 1 is 0.839 bits per heavy atom. The number of hydrogen-bond acceptors (Lipinski definition) is 8. The normalized spacial score (nSPS) is 23.1. The number of halogens is 1. The third-order valence-corrected chi connectivity index (χ3v) is 12.7. The third kappa shape index (κ3) is 6.97. The highest BCUT2D eigenvalue weighted by Gasteiger charge is 2.40. The van der Waals surface area contributed by atoms with Gasteiger partial charge in [0.15, 0.2) is 0 Å². The van der Waals surface area contributed by atoms with Crippen molar-refractivity contribution in [2.45, 2.75) is 57.0 Å². The molecule has 3 fully saturated rings. The van der Waals surface area contributed by atoms with E-state index in [-0.39, 0.29) is 48.8 Å². The van der Waals surface area contributed by atoms with Gasteiger partial charge in [-0.05, 0) is 79.1 Å². The standard InChI is InChI=1S/C45H48FN5O5/c1-28-3-2-4-31(21-28)37-27-56-41-23-34(52)9-10-35(41)43(37)30-5-7-33(8-6-30)49-15-13-29(14-16-49)25-48-17-19-50(20-18-48)40-22-32-26-51(45(55)36(32)24-38(40)46)39-11-12-42(53)47-44(39)54/h2-10,21-24,29,37,39,43,52H,11-20,25-27H2,1H3,(H,47,53,54)/t37?,39-,43?/m0/s1. The fourth-order valence-electron chi connectivity index (χ4n) is 9.62. The first-order chi connectivity index (χ1) is 27.2. The van der Waals surface area contributed by atoms with Crippen LogP contribution in [0.25, 0.3) is 0 Å². The average Bonchev–Trinajstić information content (AvgIpc) is 3.51. The molecule has 290 valence electrons. The van der Waals surface area contributed by atoms with Crippen LogP contribution in [0.1, 0.15) is 75.7 Å². The highest BCUT2D eigenvalue weighted by molar-refractivity contribution is 6.05. The zero-order valence-corrected chi connectivity index (χ0v) is 31.8. The Balaban J connectivity index is 0.794. The van der Waals surface area contributed by atoms with E-state index in [1.807, 2.05) is 6.07 Å². The largest absolute Gasteiger partial charge is 0.508 e. The first kappa shape index (κ1) is 36.2. The summed E-state index contributed by atoms with van der Waals surface area (Å²) in [5.74, 6) is 0.265. The summed E-state index contributed by atoms with van der Waals surface area (Å²) in [5, 5.41) is 12.5. The summed E-state index contributed by atoms with van der Waals surface area (Å²) in [5.41, 5.74) is 7.60. The van der Waals surface area contributed by atoms with Crippen LogP contribution in [0.3, 0.4) is 0 Å². The van der Waals surface area contributed by atoms with Crippen molar-refractivity contribution in [3.8, 4) is 11.5 Å². The molecule has 3 atom stereocenters. The van der Waals surface area contributed by atoms with E-state index in [9.17, 15) is 19.5 Å². The fourth-order valence-corrected chi connectivity index (χ4v) is 9.62. The van der Waals surface area contributed by atoms with Crippen LogP contribution in [-0.2, 0) is 16.1 Å². The lowest BCUT2D eigenvalue weighted by molar-refractivity contribution is -0.136. The number of phenolic OH excluding ortho intramolecular Hbond substituents is 1. The number of carbonyl (C=O) groups excluding carboxylic acids is 3. The smallest absolute Gasteiger partial charge is 0.255 e. The number of benzene rings is 4. The topological polar surface area (TPSA) is 106 Å². The molecule has 3 amide bonds. The first-order valence-electron chi connectivity index (χ1n) is 20.0. The number of piperidine rings is 2. The predicted octanol–water partition coefficient (Wildman–Crippen LogP) is 5.95. The van der Waals surface area contributed by atoms with Gasteiger partial charge in [0.2, 0.25) is 11.8 Å². The first-order valence-corrected chi connectivity index (χ1v) is 20.0. The lowest BCUT2D eigenvalue weighted by Crippen LogP contribution is -2.52. The van der Waals surface area contributed by atoms with Crippen molar-refractivity contribution in [1.29, 1.82) is 0 Å². The van der Waals surface area contributed by atoms with E-state index in [4.69, 9.17) is 4.74 Å². The number of carbonyl (C=O) groups is 3. The molecule has 5 aliphatic heterocycles. The van der Waals surface area contributed by atoms with Gasteiger partial charge in [-0.1, -0.05) is 48.0 Å². The molecular formula is C45H48FN5O5. The van der Waals surface area contributed by atoms with E-state index in [0.29, 0.717) is 36.9 Å². The predicted molar refractivity (Wildman–Crippen MR) is 212 cm³/mol. The maximum atomic E-state index is 15.5. The second-order valence-electron chi connectivity index (χ2n) is 16.2. The summed E-state index contributed by atoms with van der Waals surface area (Å²) in [4.78, 5) is 45.8. The van der Waals surface area contributed by atoms with Crippen molar-refractivity contribution >= 4 is 29.1 Å². The molecule has 4 aromatic rings. The zero-order chi connectivity index (χ0) is 38.5. The maximum absolute atomic E-state index is 15.5. The van der Waals surface area contributed by atoms with E-state index in [0.717, 1.165) is 62.4 Å². The van der Waals surface area contributed by atoms with E-state index in [2.05, 4.69) is 75.5 Å². The van der Waals surface area contributed by atoms with Crippen LogP contribution in [0.4, 0.5) is 15.8 Å². The minimum Gasteiger partial charge on any atom is -0.508 e. The monoisotopic (exact) mass is 757 g/mol. The Kier molecular flexibility index (Phi) is 9.65. The second-order valence-corrected chi connectivity index (χ2v) is 16.2. The molecule has 4 aromatic carbocycles. The number of aromatic hydroxyl groups is 1. The molecule has 11 heteroatoms. The number of piperazine rings is 1. The number of imide groups is 1. The number of phenols is 1. The summed E-state index contributed by atoms with van der Waals surface area (Å²) in [6.07, 6.45) is 2.70. The van der Waals surface area contributed by atoms with Crippen molar-refractivity contribution in [2.75, 3.05) is 62.2 Å². The van der Waals surface area contributed by atoms with E-state index in [1.165, 1.54) is 33.3 Å². The Bertz CT molecular complexity index is 2160. The minimum atomic E-state index is -0.716.